The summed E-state index contributed by atoms with van der Waals surface area (Å²) in [6.07, 6.45) is 2.40. The number of aromatic hydroxyl groups is 1. The molecule has 2 rings (SSSR count). The fraction of sp³-hybridized carbons (Fsp3) is 0.600. The van der Waals surface area contributed by atoms with E-state index < -0.39 is 0 Å². The minimum atomic E-state index is -0.322. The molecule has 4 heteroatoms. The van der Waals surface area contributed by atoms with Gasteiger partial charge < -0.3 is 15.2 Å². The van der Waals surface area contributed by atoms with Gasteiger partial charge in [-0.2, -0.15) is 0 Å². The summed E-state index contributed by atoms with van der Waals surface area (Å²) < 4.78 is 18.9. The van der Waals surface area contributed by atoms with Crippen molar-refractivity contribution in [3.8, 4) is 5.75 Å². The van der Waals surface area contributed by atoms with Crippen LogP contribution in [-0.4, -0.2) is 24.4 Å². The Bertz CT molecular complexity index is 425. The number of benzene rings is 1. The van der Waals surface area contributed by atoms with Crippen LogP contribution >= 0.6 is 0 Å². The van der Waals surface area contributed by atoms with Crippen LogP contribution in [0.15, 0.2) is 18.2 Å². The van der Waals surface area contributed by atoms with E-state index in [-0.39, 0.29) is 17.6 Å². The summed E-state index contributed by atoms with van der Waals surface area (Å²) in [7, 11) is 0. The average Bonchev–Trinajstić information content (AvgIpc) is 2.86. The third-order valence-electron chi connectivity index (χ3n) is 3.89. The first kappa shape index (κ1) is 14.3. The monoisotopic (exact) mass is 267 g/mol. The number of rotatable bonds is 5. The number of hydrogen-bond donors (Lipinski definition) is 2. The summed E-state index contributed by atoms with van der Waals surface area (Å²) in [5.41, 5.74) is 0.604. The van der Waals surface area contributed by atoms with Gasteiger partial charge in [0.25, 0.3) is 0 Å². The van der Waals surface area contributed by atoms with Crippen molar-refractivity contribution in [2.75, 3.05) is 13.2 Å². The zero-order valence-corrected chi connectivity index (χ0v) is 11.5. The minimum Gasteiger partial charge on any atom is -0.508 e. The molecule has 1 aliphatic rings. The molecule has 3 unspecified atom stereocenters. The molecule has 1 aliphatic heterocycles. The summed E-state index contributed by atoms with van der Waals surface area (Å²) in [4.78, 5) is 0. The lowest BCUT2D eigenvalue weighted by Gasteiger charge is -2.21. The molecule has 1 aromatic carbocycles. The molecule has 0 saturated carbocycles. The Morgan fingerprint density at radius 2 is 2.32 bits per heavy atom. The Hall–Kier alpha value is -1.13. The van der Waals surface area contributed by atoms with Crippen molar-refractivity contribution in [1.29, 1.82) is 0 Å². The fourth-order valence-corrected chi connectivity index (χ4v) is 2.69. The first-order chi connectivity index (χ1) is 9.11. The van der Waals surface area contributed by atoms with Gasteiger partial charge in [0.05, 0.1) is 6.10 Å². The summed E-state index contributed by atoms with van der Waals surface area (Å²) >= 11 is 0. The molecule has 1 fully saturated rings. The Labute approximate surface area is 113 Å². The second kappa shape index (κ2) is 6.35. The number of hydrogen-bond acceptors (Lipinski definition) is 3. The zero-order valence-electron chi connectivity index (χ0n) is 11.5. The largest absolute Gasteiger partial charge is 0.508 e. The molecule has 0 aromatic heterocycles. The maximum atomic E-state index is 13.2. The lowest BCUT2D eigenvalue weighted by atomic mass is 9.98. The van der Waals surface area contributed by atoms with E-state index in [4.69, 9.17) is 4.74 Å². The normalized spacial score (nSPS) is 24.6. The van der Waals surface area contributed by atoms with Crippen LogP contribution in [0.1, 0.15) is 38.3 Å². The highest BCUT2D eigenvalue weighted by Gasteiger charge is 2.26. The smallest absolute Gasteiger partial charge is 0.123 e. The summed E-state index contributed by atoms with van der Waals surface area (Å²) in [6, 6.07) is 3.98. The van der Waals surface area contributed by atoms with Gasteiger partial charge in [0, 0.05) is 24.8 Å². The van der Waals surface area contributed by atoms with E-state index in [9.17, 15) is 9.50 Å². The summed E-state index contributed by atoms with van der Waals surface area (Å²) in [5.74, 6) is 0.316. The van der Waals surface area contributed by atoms with Crippen molar-refractivity contribution in [2.45, 2.75) is 38.8 Å². The van der Waals surface area contributed by atoms with Gasteiger partial charge in [-0.3, -0.25) is 0 Å². The third kappa shape index (κ3) is 3.45. The third-order valence-corrected chi connectivity index (χ3v) is 3.89. The van der Waals surface area contributed by atoms with Crippen LogP contribution in [-0.2, 0) is 4.74 Å². The van der Waals surface area contributed by atoms with E-state index in [0.717, 1.165) is 26.0 Å². The number of nitrogens with one attached hydrogen (secondary N) is 1. The van der Waals surface area contributed by atoms with Crippen LogP contribution < -0.4 is 5.32 Å². The van der Waals surface area contributed by atoms with Crippen molar-refractivity contribution >= 4 is 0 Å². The topological polar surface area (TPSA) is 41.5 Å². The first-order valence-corrected chi connectivity index (χ1v) is 6.95. The predicted molar refractivity (Wildman–Crippen MR) is 72.6 cm³/mol. The highest BCUT2D eigenvalue weighted by Crippen LogP contribution is 2.27. The quantitative estimate of drug-likeness (QED) is 0.861. The predicted octanol–water partition coefficient (Wildman–Crippen LogP) is 3.00. The number of halogens is 1. The van der Waals surface area contributed by atoms with Crippen molar-refractivity contribution in [3.63, 3.8) is 0 Å². The minimum absolute atomic E-state index is 0.0752. The lowest BCUT2D eigenvalue weighted by Crippen LogP contribution is -2.30. The molecule has 19 heavy (non-hydrogen) atoms. The second-order valence-electron chi connectivity index (χ2n) is 5.20. The van der Waals surface area contributed by atoms with E-state index in [2.05, 4.69) is 12.2 Å². The molecule has 1 aromatic rings. The highest BCUT2D eigenvalue weighted by molar-refractivity contribution is 5.34. The van der Waals surface area contributed by atoms with Crippen LogP contribution in [0.25, 0.3) is 0 Å². The van der Waals surface area contributed by atoms with Crippen LogP contribution in [0.5, 0.6) is 5.75 Å². The molecule has 0 bridgehead atoms. The van der Waals surface area contributed by atoms with Gasteiger partial charge in [0.15, 0.2) is 0 Å². The van der Waals surface area contributed by atoms with Gasteiger partial charge >= 0.3 is 0 Å². The van der Waals surface area contributed by atoms with E-state index in [1.165, 1.54) is 18.2 Å². The molecule has 3 atom stereocenters. The molecule has 0 radical (unpaired) electrons. The fourth-order valence-electron chi connectivity index (χ4n) is 2.69. The van der Waals surface area contributed by atoms with E-state index >= 15 is 0 Å². The molecule has 0 amide bonds. The Morgan fingerprint density at radius 1 is 1.53 bits per heavy atom. The standard InChI is InChI=1S/C15H22FNO2/c1-3-15-11(6-7-19-15)9-17-10(2)13-8-12(16)4-5-14(13)18/h4-5,8,10-11,15,17-18H,3,6-7,9H2,1-2H3. The molecule has 2 N–H and O–H groups in total. The number of phenols is 1. The maximum absolute atomic E-state index is 13.2. The van der Waals surface area contributed by atoms with Gasteiger partial charge in [0.1, 0.15) is 11.6 Å². The van der Waals surface area contributed by atoms with E-state index in [1.807, 2.05) is 6.92 Å². The Balaban J connectivity index is 1.93. The van der Waals surface area contributed by atoms with Crippen molar-refractivity contribution in [3.05, 3.63) is 29.6 Å². The Morgan fingerprint density at radius 3 is 3.05 bits per heavy atom. The van der Waals surface area contributed by atoms with Gasteiger partial charge in [-0.15, -0.1) is 0 Å². The maximum Gasteiger partial charge on any atom is 0.123 e. The molecule has 0 aliphatic carbocycles. The SMILES string of the molecule is CCC1OCCC1CNC(C)c1cc(F)ccc1O. The van der Waals surface area contributed by atoms with Crippen LogP contribution in [0.4, 0.5) is 4.39 Å². The van der Waals surface area contributed by atoms with Gasteiger partial charge in [-0.25, -0.2) is 4.39 Å². The first-order valence-electron chi connectivity index (χ1n) is 6.95. The molecule has 106 valence electrons. The average molecular weight is 267 g/mol. The zero-order chi connectivity index (χ0) is 13.8. The molecular formula is C15H22FNO2. The highest BCUT2D eigenvalue weighted by atomic mass is 19.1. The molecule has 1 saturated heterocycles. The van der Waals surface area contributed by atoms with Gasteiger partial charge in [-0.05, 0) is 43.9 Å². The summed E-state index contributed by atoms with van der Waals surface area (Å²) in [5, 5.41) is 13.1. The second-order valence-corrected chi connectivity index (χ2v) is 5.20. The molecule has 1 heterocycles. The molecule has 0 spiro atoms. The number of phenolic OH excluding ortho intramolecular Hbond substituents is 1. The van der Waals surface area contributed by atoms with Gasteiger partial charge in [-0.1, -0.05) is 6.92 Å². The molecular weight excluding hydrogens is 245 g/mol. The Kier molecular flexibility index (Phi) is 4.77. The van der Waals surface area contributed by atoms with E-state index in [0.29, 0.717) is 17.6 Å². The summed E-state index contributed by atoms with van der Waals surface area (Å²) in [6.45, 7) is 5.72. The van der Waals surface area contributed by atoms with E-state index in [1.54, 1.807) is 0 Å². The van der Waals surface area contributed by atoms with Crippen molar-refractivity contribution in [1.82, 2.24) is 5.32 Å². The van der Waals surface area contributed by atoms with Crippen LogP contribution in [0.3, 0.4) is 0 Å². The lowest BCUT2D eigenvalue weighted by molar-refractivity contribution is 0.0867. The van der Waals surface area contributed by atoms with Crippen molar-refractivity contribution in [2.24, 2.45) is 5.92 Å². The number of ether oxygens (including phenoxy) is 1. The van der Waals surface area contributed by atoms with Gasteiger partial charge in [0.2, 0.25) is 0 Å². The van der Waals surface area contributed by atoms with Crippen LogP contribution in [0.2, 0.25) is 0 Å². The molecule has 3 nitrogen and oxygen atoms in total. The van der Waals surface area contributed by atoms with Crippen molar-refractivity contribution < 1.29 is 14.2 Å². The van der Waals surface area contributed by atoms with Crippen LogP contribution in [0, 0.1) is 11.7 Å².